The molecule has 1 aromatic rings. The summed E-state index contributed by atoms with van der Waals surface area (Å²) in [6.45, 7) is 0. The second-order valence-corrected chi connectivity index (χ2v) is 7.89. The standard InChI is InChI=1S/C17H18F5N/c18-12-2-1-11(13(14(12)19)17(20,21)22)15-4-9-3-10(5-15)7-16(23,6-9)8-15/h1-2,9-10H,3-8,23H2. The van der Waals surface area contributed by atoms with Crippen LogP contribution >= 0.6 is 0 Å². The molecule has 4 bridgehead atoms. The van der Waals surface area contributed by atoms with Crippen molar-refractivity contribution in [2.24, 2.45) is 17.6 Å². The Labute approximate surface area is 131 Å². The molecule has 4 saturated carbocycles. The van der Waals surface area contributed by atoms with Gasteiger partial charge in [0.25, 0.3) is 0 Å². The molecule has 0 radical (unpaired) electrons. The molecule has 4 fully saturated rings. The highest BCUT2D eigenvalue weighted by Crippen LogP contribution is 2.62. The lowest BCUT2D eigenvalue weighted by Gasteiger charge is -2.61. The van der Waals surface area contributed by atoms with E-state index in [4.69, 9.17) is 5.73 Å². The van der Waals surface area contributed by atoms with Crippen LogP contribution in [0, 0.1) is 23.5 Å². The third kappa shape index (κ3) is 2.21. The third-order valence-electron chi connectivity index (χ3n) is 6.06. The van der Waals surface area contributed by atoms with Crippen LogP contribution in [0.2, 0.25) is 0 Å². The zero-order valence-electron chi connectivity index (χ0n) is 12.5. The molecule has 0 aliphatic heterocycles. The van der Waals surface area contributed by atoms with Gasteiger partial charge in [-0.1, -0.05) is 6.07 Å². The molecule has 0 heterocycles. The molecule has 2 atom stereocenters. The Bertz CT molecular complexity index is 652. The summed E-state index contributed by atoms with van der Waals surface area (Å²) in [5.41, 5.74) is 3.68. The Morgan fingerprint density at radius 2 is 1.61 bits per heavy atom. The first-order valence-corrected chi connectivity index (χ1v) is 7.97. The molecular weight excluding hydrogens is 313 g/mol. The molecule has 6 heteroatoms. The Morgan fingerprint density at radius 3 is 2.13 bits per heavy atom. The first-order chi connectivity index (χ1) is 10.6. The number of benzene rings is 1. The van der Waals surface area contributed by atoms with Crippen LogP contribution in [0.3, 0.4) is 0 Å². The fraction of sp³-hybridized carbons (Fsp3) is 0.647. The van der Waals surface area contributed by atoms with Gasteiger partial charge in [-0.2, -0.15) is 13.2 Å². The van der Waals surface area contributed by atoms with Gasteiger partial charge in [-0.25, -0.2) is 8.78 Å². The molecule has 0 saturated heterocycles. The van der Waals surface area contributed by atoms with Crippen molar-refractivity contribution in [3.63, 3.8) is 0 Å². The van der Waals surface area contributed by atoms with Crippen molar-refractivity contribution in [2.45, 2.75) is 55.7 Å². The smallest absolute Gasteiger partial charge is 0.325 e. The molecule has 0 amide bonds. The quantitative estimate of drug-likeness (QED) is 0.752. The highest BCUT2D eigenvalue weighted by Gasteiger charge is 2.58. The zero-order chi connectivity index (χ0) is 16.6. The first kappa shape index (κ1) is 15.4. The molecule has 126 valence electrons. The molecule has 4 aliphatic rings. The minimum absolute atomic E-state index is 0.0900. The van der Waals surface area contributed by atoms with Crippen LogP contribution in [0.15, 0.2) is 12.1 Å². The predicted octanol–water partition coefficient (Wildman–Crippen LogP) is 4.53. The number of alkyl halides is 3. The van der Waals surface area contributed by atoms with E-state index < -0.39 is 34.3 Å². The van der Waals surface area contributed by atoms with E-state index in [1.54, 1.807) is 0 Å². The highest BCUT2D eigenvalue weighted by molar-refractivity contribution is 5.41. The third-order valence-corrected chi connectivity index (χ3v) is 6.06. The summed E-state index contributed by atoms with van der Waals surface area (Å²) in [4.78, 5) is 0. The Balaban J connectivity index is 1.90. The van der Waals surface area contributed by atoms with E-state index in [0.717, 1.165) is 31.4 Å². The molecule has 4 aliphatic carbocycles. The topological polar surface area (TPSA) is 26.0 Å². The maximum atomic E-state index is 14.0. The summed E-state index contributed by atoms with van der Waals surface area (Å²) in [5.74, 6) is -2.66. The van der Waals surface area contributed by atoms with Gasteiger partial charge < -0.3 is 5.73 Å². The van der Waals surface area contributed by atoms with E-state index in [1.807, 2.05) is 0 Å². The maximum absolute atomic E-state index is 14.0. The molecule has 5 rings (SSSR count). The molecule has 1 nitrogen and oxygen atoms in total. The Kier molecular flexibility index (Phi) is 2.98. The van der Waals surface area contributed by atoms with Crippen LogP contribution in [0.4, 0.5) is 22.0 Å². The summed E-state index contributed by atoms with van der Waals surface area (Å²) in [6.07, 6.45) is -0.640. The van der Waals surface area contributed by atoms with Gasteiger partial charge in [0, 0.05) is 5.54 Å². The number of nitrogens with two attached hydrogens (primary N) is 1. The number of rotatable bonds is 1. The first-order valence-electron chi connectivity index (χ1n) is 7.97. The van der Waals surface area contributed by atoms with Gasteiger partial charge in [0.2, 0.25) is 0 Å². The van der Waals surface area contributed by atoms with E-state index in [0.29, 0.717) is 19.3 Å². The van der Waals surface area contributed by atoms with Crippen LogP contribution in [0.5, 0.6) is 0 Å². The average molecular weight is 331 g/mol. The SMILES string of the molecule is NC12CC3CC(C1)CC(c1ccc(F)c(F)c1C(F)(F)F)(C3)C2. The van der Waals surface area contributed by atoms with E-state index in [2.05, 4.69) is 0 Å². The van der Waals surface area contributed by atoms with E-state index in [9.17, 15) is 22.0 Å². The van der Waals surface area contributed by atoms with Crippen molar-refractivity contribution in [2.75, 3.05) is 0 Å². The second kappa shape index (κ2) is 4.47. The van der Waals surface area contributed by atoms with Crippen molar-refractivity contribution in [3.8, 4) is 0 Å². The van der Waals surface area contributed by atoms with Gasteiger partial charge >= 0.3 is 6.18 Å². The lowest BCUT2D eigenvalue weighted by atomic mass is 9.45. The fourth-order valence-corrected chi connectivity index (χ4v) is 5.92. The molecule has 0 aromatic heterocycles. The van der Waals surface area contributed by atoms with Crippen LogP contribution in [0.25, 0.3) is 0 Å². The summed E-state index contributed by atoms with van der Waals surface area (Å²) < 4.78 is 67.7. The van der Waals surface area contributed by atoms with Gasteiger partial charge in [0.15, 0.2) is 11.6 Å². The zero-order valence-corrected chi connectivity index (χ0v) is 12.5. The fourth-order valence-electron chi connectivity index (χ4n) is 5.92. The molecule has 2 unspecified atom stereocenters. The lowest BCUT2D eigenvalue weighted by molar-refractivity contribution is -0.143. The van der Waals surface area contributed by atoms with Gasteiger partial charge in [-0.15, -0.1) is 0 Å². The van der Waals surface area contributed by atoms with E-state index in [-0.39, 0.29) is 17.4 Å². The number of hydrogen-bond donors (Lipinski definition) is 1. The van der Waals surface area contributed by atoms with Crippen molar-refractivity contribution in [1.82, 2.24) is 0 Å². The van der Waals surface area contributed by atoms with Gasteiger partial charge in [-0.3, -0.25) is 0 Å². The normalized spacial score (nSPS) is 39.0. The predicted molar refractivity (Wildman–Crippen MR) is 74.6 cm³/mol. The van der Waals surface area contributed by atoms with Crippen molar-refractivity contribution in [1.29, 1.82) is 0 Å². The van der Waals surface area contributed by atoms with Gasteiger partial charge in [-0.05, 0) is 67.4 Å². The lowest BCUT2D eigenvalue weighted by Crippen LogP contribution is -2.61. The minimum atomic E-state index is -4.91. The second-order valence-electron chi connectivity index (χ2n) is 7.89. The van der Waals surface area contributed by atoms with Crippen LogP contribution < -0.4 is 5.73 Å². The number of halogens is 5. The molecular formula is C17H18F5N. The summed E-state index contributed by atoms with van der Waals surface area (Å²) in [5, 5.41) is 0. The van der Waals surface area contributed by atoms with Crippen molar-refractivity contribution >= 4 is 0 Å². The van der Waals surface area contributed by atoms with Crippen LogP contribution in [0.1, 0.15) is 49.7 Å². The number of hydrogen-bond acceptors (Lipinski definition) is 1. The van der Waals surface area contributed by atoms with Gasteiger partial charge in [0.1, 0.15) is 0 Å². The Morgan fingerprint density at radius 1 is 1.00 bits per heavy atom. The average Bonchev–Trinajstić information content (AvgIpc) is 2.37. The van der Waals surface area contributed by atoms with Crippen molar-refractivity contribution in [3.05, 3.63) is 34.9 Å². The Hall–Kier alpha value is -1.17. The van der Waals surface area contributed by atoms with Gasteiger partial charge in [0.05, 0.1) is 5.56 Å². The largest absolute Gasteiger partial charge is 0.419 e. The van der Waals surface area contributed by atoms with Crippen molar-refractivity contribution < 1.29 is 22.0 Å². The molecule has 23 heavy (non-hydrogen) atoms. The molecule has 1 aromatic carbocycles. The maximum Gasteiger partial charge on any atom is 0.419 e. The monoisotopic (exact) mass is 331 g/mol. The molecule has 0 spiro atoms. The summed E-state index contributed by atoms with van der Waals surface area (Å²) >= 11 is 0. The van der Waals surface area contributed by atoms with Crippen LogP contribution in [-0.4, -0.2) is 5.54 Å². The molecule has 2 N–H and O–H groups in total. The van der Waals surface area contributed by atoms with E-state index in [1.165, 1.54) is 0 Å². The van der Waals surface area contributed by atoms with E-state index >= 15 is 0 Å². The van der Waals surface area contributed by atoms with Crippen LogP contribution in [-0.2, 0) is 11.6 Å². The minimum Gasteiger partial charge on any atom is -0.325 e. The summed E-state index contributed by atoms with van der Waals surface area (Å²) in [6, 6.07) is 1.96. The summed E-state index contributed by atoms with van der Waals surface area (Å²) in [7, 11) is 0. The highest BCUT2D eigenvalue weighted by atomic mass is 19.4.